The van der Waals surface area contributed by atoms with Crippen molar-refractivity contribution in [2.24, 2.45) is 0 Å². The summed E-state index contributed by atoms with van der Waals surface area (Å²) in [5, 5.41) is 4.58. The fourth-order valence-electron chi connectivity index (χ4n) is 1.39. The maximum atomic E-state index is 5.00. The van der Waals surface area contributed by atoms with Crippen molar-refractivity contribution in [2.45, 2.75) is 32.9 Å². The lowest BCUT2D eigenvalue weighted by atomic mass is 10.2. The second kappa shape index (κ2) is 5.27. The minimum Gasteiger partial charge on any atom is -0.472 e. The predicted molar refractivity (Wildman–Crippen MR) is 65.5 cm³/mol. The van der Waals surface area contributed by atoms with Gasteiger partial charge in [0.15, 0.2) is 0 Å². The van der Waals surface area contributed by atoms with Crippen molar-refractivity contribution in [3.63, 3.8) is 0 Å². The molecule has 0 aliphatic heterocycles. The molecule has 0 spiro atoms. The average molecular weight is 236 g/mol. The molecule has 16 heavy (non-hydrogen) atoms. The third-order valence-electron chi connectivity index (χ3n) is 2.27. The zero-order chi connectivity index (χ0) is 11.4. The topological polar surface area (TPSA) is 38.1 Å². The average Bonchev–Trinajstić information content (AvgIpc) is 2.87. The number of hydrogen-bond donors (Lipinski definition) is 1. The van der Waals surface area contributed by atoms with E-state index in [9.17, 15) is 0 Å². The molecule has 2 rings (SSSR count). The second-order valence-corrected chi connectivity index (χ2v) is 5.20. The Labute approximate surface area is 99.5 Å². The van der Waals surface area contributed by atoms with E-state index in [1.165, 1.54) is 15.4 Å². The molecule has 0 aromatic carbocycles. The Balaban J connectivity index is 1.81. The molecule has 0 unspecified atom stereocenters. The number of hydrogen-bond acceptors (Lipinski definition) is 4. The molecule has 2 aromatic heterocycles. The van der Waals surface area contributed by atoms with Gasteiger partial charge in [-0.3, -0.25) is 0 Å². The zero-order valence-electron chi connectivity index (χ0n) is 9.56. The Kier molecular flexibility index (Phi) is 3.74. The Hall–Kier alpha value is -1.13. The van der Waals surface area contributed by atoms with Crippen molar-refractivity contribution in [1.82, 2.24) is 10.3 Å². The quantitative estimate of drug-likeness (QED) is 0.866. The molecule has 3 nitrogen and oxygen atoms in total. The van der Waals surface area contributed by atoms with Crippen molar-refractivity contribution in [2.75, 3.05) is 0 Å². The first-order valence-corrected chi connectivity index (χ1v) is 6.23. The van der Waals surface area contributed by atoms with Gasteiger partial charge < -0.3 is 9.73 Å². The van der Waals surface area contributed by atoms with Crippen LogP contribution in [-0.2, 0) is 13.1 Å². The Morgan fingerprint density at radius 3 is 2.94 bits per heavy atom. The first-order valence-electron chi connectivity index (χ1n) is 5.42. The molecule has 0 saturated carbocycles. The van der Waals surface area contributed by atoms with Gasteiger partial charge in [-0.05, 0) is 6.07 Å². The van der Waals surface area contributed by atoms with E-state index >= 15 is 0 Å². The van der Waals surface area contributed by atoms with E-state index in [1.807, 2.05) is 12.3 Å². The Bertz CT molecular complexity index is 420. The Morgan fingerprint density at radius 2 is 2.31 bits per heavy atom. The van der Waals surface area contributed by atoms with E-state index in [1.54, 1.807) is 23.9 Å². The van der Waals surface area contributed by atoms with Crippen LogP contribution < -0.4 is 5.32 Å². The highest BCUT2D eigenvalue weighted by atomic mass is 32.1. The molecule has 4 heteroatoms. The molecular formula is C12H16N2OS. The van der Waals surface area contributed by atoms with Gasteiger partial charge in [-0.15, -0.1) is 11.3 Å². The van der Waals surface area contributed by atoms with Crippen LogP contribution in [0.2, 0.25) is 0 Å². The van der Waals surface area contributed by atoms with E-state index in [-0.39, 0.29) is 0 Å². The summed E-state index contributed by atoms with van der Waals surface area (Å²) >= 11 is 1.78. The van der Waals surface area contributed by atoms with Crippen LogP contribution in [0.15, 0.2) is 29.2 Å². The van der Waals surface area contributed by atoms with E-state index < -0.39 is 0 Å². The number of aromatic nitrogens is 1. The van der Waals surface area contributed by atoms with Gasteiger partial charge in [0, 0.05) is 35.6 Å². The van der Waals surface area contributed by atoms with Crippen LogP contribution >= 0.6 is 11.3 Å². The number of furan rings is 1. The minimum atomic E-state index is 0.521. The monoisotopic (exact) mass is 236 g/mol. The first kappa shape index (κ1) is 11.4. The van der Waals surface area contributed by atoms with Gasteiger partial charge in [-0.25, -0.2) is 4.98 Å². The summed E-state index contributed by atoms with van der Waals surface area (Å²) in [7, 11) is 0. The van der Waals surface area contributed by atoms with Gasteiger partial charge in [-0.1, -0.05) is 13.8 Å². The molecule has 0 aliphatic carbocycles. The van der Waals surface area contributed by atoms with E-state index in [0.717, 1.165) is 13.1 Å². The predicted octanol–water partition coefficient (Wildman–Crippen LogP) is 3.15. The molecule has 0 atom stereocenters. The summed E-state index contributed by atoms with van der Waals surface area (Å²) in [4.78, 5) is 5.68. The molecule has 0 radical (unpaired) electrons. The molecule has 0 bridgehead atoms. The highest BCUT2D eigenvalue weighted by Crippen LogP contribution is 2.20. The van der Waals surface area contributed by atoms with Crippen LogP contribution in [0.3, 0.4) is 0 Å². The second-order valence-electron chi connectivity index (χ2n) is 4.05. The molecule has 0 amide bonds. The van der Waals surface area contributed by atoms with Crippen LogP contribution in [0, 0.1) is 0 Å². The SMILES string of the molecule is CC(C)c1ncc(CNCc2ccoc2)s1. The van der Waals surface area contributed by atoms with Crippen molar-refractivity contribution < 1.29 is 4.42 Å². The maximum Gasteiger partial charge on any atom is 0.0953 e. The third kappa shape index (κ3) is 2.93. The summed E-state index contributed by atoms with van der Waals surface area (Å²) in [6.07, 6.45) is 5.42. The number of rotatable bonds is 5. The van der Waals surface area contributed by atoms with Crippen LogP contribution in [0.1, 0.15) is 35.2 Å². The lowest BCUT2D eigenvalue weighted by Crippen LogP contribution is -2.10. The molecule has 0 aliphatic rings. The summed E-state index contributed by atoms with van der Waals surface area (Å²) in [6.45, 7) is 6.05. The molecular weight excluding hydrogens is 220 g/mol. The minimum absolute atomic E-state index is 0.521. The number of nitrogens with zero attached hydrogens (tertiary/aromatic N) is 1. The molecule has 2 aromatic rings. The molecule has 0 fully saturated rings. The highest BCUT2D eigenvalue weighted by Gasteiger charge is 2.05. The van der Waals surface area contributed by atoms with Crippen LogP contribution in [-0.4, -0.2) is 4.98 Å². The van der Waals surface area contributed by atoms with Crippen LogP contribution in [0.5, 0.6) is 0 Å². The number of thiazole rings is 1. The molecule has 0 saturated heterocycles. The standard InChI is InChI=1S/C12H16N2OS/c1-9(2)12-14-7-11(16-12)6-13-5-10-3-4-15-8-10/h3-4,7-9,13H,5-6H2,1-2H3. The van der Waals surface area contributed by atoms with Gasteiger partial charge in [0.05, 0.1) is 17.5 Å². The normalized spacial score (nSPS) is 11.2. The Morgan fingerprint density at radius 1 is 1.44 bits per heavy atom. The van der Waals surface area contributed by atoms with Gasteiger partial charge >= 0.3 is 0 Å². The van der Waals surface area contributed by atoms with Crippen LogP contribution in [0.4, 0.5) is 0 Å². The summed E-state index contributed by atoms with van der Waals surface area (Å²) < 4.78 is 5.00. The van der Waals surface area contributed by atoms with Gasteiger partial charge in [0.1, 0.15) is 0 Å². The fraction of sp³-hybridized carbons (Fsp3) is 0.417. The summed E-state index contributed by atoms with van der Waals surface area (Å²) in [6, 6.07) is 1.97. The first-order chi connectivity index (χ1) is 7.75. The third-order valence-corrected chi connectivity index (χ3v) is 3.57. The lowest BCUT2D eigenvalue weighted by Gasteiger charge is -1.99. The molecule has 86 valence electrons. The van der Waals surface area contributed by atoms with Crippen molar-refractivity contribution in [1.29, 1.82) is 0 Å². The zero-order valence-corrected chi connectivity index (χ0v) is 10.4. The molecule has 2 heterocycles. The number of nitrogens with one attached hydrogen (secondary N) is 1. The maximum absolute atomic E-state index is 5.00. The fourth-order valence-corrected chi connectivity index (χ4v) is 2.28. The van der Waals surface area contributed by atoms with Crippen LogP contribution in [0.25, 0.3) is 0 Å². The van der Waals surface area contributed by atoms with E-state index in [4.69, 9.17) is 4.42 Å². The van der Waals surface area contributed by atoms with Crippen molar-refractivity contribution in [3.05, 3.63) is 40.2 Å². The van der Waals surface area contributed by atoms with E-state index in [0.29, 0.717) is 5.92 Å². The van der Waals surface area contributed by atoms with Gasteiger partial charge in [0.2, 0.25) is 0 Å². The van der Waals surface area contributed by atoms with Gasteiger partial charge in [-0.2, -0.15) is 0 Å². The van der Waals surface area contributed by atoms with E-state index in [2.05, 4.69) is 24.1 Å². The van der Waals surface area contributed by atoms with Gasteiger partial charge in [0.25, 0.3) is 0 Å². The largest absolute Gasteiger partial charge is 0.472 e. The van der Waals surface area contributed by atoms with Crippen molar-refractivity contribution >= 4 is 11.3 Å². The summed E-state index contributed by atoms with van der Waals surface area (Å²) in [5.41, 5.74) is 1.17. The lowest BCUT2D eigenvalue weighted by molar-refractivity contribution is 0.560. The highest BCUT2D eigenvalue weighted by molar-refractivity contribution is 7.11. The molecule has 1 N–H and O–H groups in total. The summed E-state index contributed by atoms with van der Waals surface area (Å²) in [5.74, 6) is 0.521. The smallest absolute Gasteiger partial charge is 0.0953 e. The van der Waals surface area contributed by atoms with Crippen molar-refractivity contribution in [3.8, 4) is 0 Å².